The minimum Gasteiger partial charge on any atom is -0.497 e. The fourth-order valence-electron chi connectivity index (χ4n) is 3.50. The van der Waals surface area contributed by atoms with E-state index in [0.717, 1.165) is 49.9 Å². The maximum Gasteiger partial charge on any atom is 0.407 e. The van der Waals surface area contributed by atoms with Gasteiger partial charge in [-0.05, 0) is 51.3 Å². The Bertz CT molecular complexity index is 747. The molecule has 0 spiro atoms. The van der Waals surface area contributed by atoms with Crippen LogP contribution in [-0.2, 0) is 11.3 Å². The Hall–Kier alpha value is -1.95. The van der Waals surface area contributed by atoms with Crippen LogP contribution >= 0.6 is 24.0 Å². The third kappa shape index (κ3) is 11.1. The number of carbonyl (C=O) groups is 1. The molecule has 1 fully saturated rings. The highest BCUT2D eigenvalue weighted by molar-refractivity contribution is 14.0. The maximum absolute atomic E-state index is 11.7. The molecule has 2 rings (SSSR count). The lowest BCUT2D eigenvalue weighted by atomic mass is 10.2. The zero-order valence-electron chi connectivity index (χ0n) is 20.7. The zero-order valence-corrected chi connectivity index (χ0v) is 23.0. The molecule has 0 radical (unpaired) electrons. The molecule has 1 saturated heterocycles. The van der Waals surface area contributed by atoms with E-state index >= 15 is 0 Å². The normalized spacial score (nSPS) is 16.5. The molecule has 0 bridgehead atoms. The summed E-state index contributed by atoms with van der Waals surface area (Å²) in [7, 11) is 5.10. The summed E-state index contributed by atoms with van der Waals surface area (Å²) >= 11 is 0. The van der Waals surface area contributed by atoms with Crippen LogP contribution in [0.25, 0.3) is 0 Å². The van der Waals surface area contributed by atoms with Crippen molar-refractivity contribution in [1.29, 1.82) is 0 Å². The van der Waals surface area contributed by atoms with E-state index in [1.54, 1.807) is 21.3 Å². The van der Waals surface area contributed by atoms with Crippen molar-refractivity contribution in [3.8, 4) is 11.5 Å². The predicted molar refractivity (Wildman–Crippen MR) is 142 cm³/mol. The van der Waals surface area contributed by atoms with Crippen LogP contribution in [0.2, 0.25) is 0 Å². The Kier molecular flexibility index (Phi) is 12.6. The summed E-state index contributed by atoms with van der Waals surface area (Å²) in [6.45, 7) is 9.57. The number of aliphatic imine (C=N–C) groups is 1. The number of likely N-dealkylation sites (tertiary alicyclic amines) is 1. The van der Waals surface area contributed by atoms with Crippen molar-refractivity contribution in [2.24, 2.45) is 4.99 Å². The summed E-state index contributed by atoms with van der Waals surface area (Å²) < 4.78 is 16.0. The third-order valence-electron chi connectivity index (χ3n) is 4.97. The number of guanidine groups is 1. The molecule has 0 aromatic heterocycles. The molecule has 0 aliphatic carbocycles. The van der Waals surface area contributed by atoms with Gasteiger partial charge in [-0.1, -0.05) is 0 Å². The van der Waals surface area contributed by atoms with Gasteiger partial charge in [-0.25, -0.2) is 4.79 Å². The summed E-state index contributed by atoms with van der Waals surface area (Å²) in [6, 6.07) is 6.31. The second-order valence-corrected chi connectivity index (χ2v) is 8.87. The van der Waals surface area contributed by atoms with Crippen molar-refractivity contribution in [1.82, 2.24) is 20.9 Å². The van der Waals surface area contributed by atoms with Crippen LogP contribution in [-0.4, -0.2) is 76.0 Å². The smallest absolute Gasteiger partial charge is 0.407 e. The van der Waals surface area contributed by atoms with Gasteiger partial charge in [0.1, 0.15) is 17.1 Å². The molecule has 33 heavy (non-hydrogen) atoms. The summed E-state index contributed by atoms with van der Waals surface area (Å²) in [6.07, 6.45) is 1.43. The number of hydrogen-bond donors (Lipinski definition) is 3. The fourth-order valence-corrected chi connectivity index (χ4v) is 3.50. The lowest BCUT2D eigenvalue weighted by molar-refractivity contribution is 0.0527. The van der Waals surface area contributed by atoms with Crippen molar-refractivity contribution in [3.63, 3.8) is 0 Å². The zero-order chi connectivity index (χ0) is 23.6. The van der Waals surface area contributed by atoms with Gasteiger partial charge in [0.05, 0.1) is 14.2 Å². The second-order valence-electron chi connectivity index (χ2n) is 8.87. The van der Waals surface area contributed by atoms with E-state index in [1.165, 1.54) is 5.56 Å². The minimum atomic E-state index is -0.484. The lowest BCUT2D eigenvalue weighted by Crippen LogP contribution is -2.45. The van der Waals surface area contributed by atoms with Crippen molar-refractivity contribution < 1.29 is 19.0 Å². The Labute approximate surface area is 215 Å². The highest BCUT2D eigenvalue weighted by Gasteiger charge is 2.23. The lowest BCUT2D eigenvalue weighted by Gasteiger charge is -2.20. The standard InChI is InChI=1S/C23H39N5O4.HI/c1-23(2,3)32-22(29)26-10-7-9-25-21(24-4)27-18-8-11-28(16-18)15-17-12-19(30-5)14-20(13-17)31-6;/h12-14,18H,7-11,15-16H2,1-6H3,(H,26,29)(H2,24,25,27);1H. The van der Waals surface area contributed by atoms with Crippen LogP contribution < -0.4 is 25.4 Å². The number of ether oxygens (including phenoxy) is 3. The first-order valence-corrected chi connectivity index (χ1v) is 11.1. The first-order valence-electron chi connectivity index (χ1n) is 11.1. The molecular weight excluding hydrogens is 537 g/mol. The van der Waals surface area contributed by atoms with Gasteiger partial charge in [0, 0.05) is 51.9 Å². The molecule has 1 unspecified atom stereocenters. The van der Waals surface area contributed by atoms with E-state index < -0.39 is 5.60 Å². The highest BCUT2D eigenvalue weighted by atomic mass is 127. The first-order chi connectivity index (χ1) is 15.2. The number of rotatable bonds is 9. The SMILES string of the molecule is CN=C(NCCCNC(=O)OC(C)(C)C)NC1CCN(Cc2cc(OC)cc(OC)c2)C1.I. The number of hydrogen-bond acceptors (Lipinski definition) is 6. The van der Waals surface area contributed by atoms with Crippen LogP contribution in [0.4, 0.5) is 4.79 Å². The minimum absolute atomic E-state index is 0. The largest absolute Gasteiger partial charge is 0.497 e. The van der Waals surface area contributed by atoms with Crippen molar-refractivity contribution in [3.05, 3.63) is 23.8 Å². The molecule has 1 aromatic rings. The van der Waals surface area contributed by atoms with Crippen LogP contribution in [0.5, 0.6) is 11.5 Å². The number of methoxy groups -OCH3 is 2. The number of halogens is 1. The summed E-state index contributed by atoms with van der Waals surface area (Å²) in [5.41, 5.74) is 0.684. The Morgan fingerprint density at radius 1 is 1.12 bits per heavy atom. The molecule has 1 heterocycles. The molecule has 1 aromatic carbocycles. The maximum atomic E-state index is 11.7. The van der Waals surface area contributed by atoms with Crippen LogP contribution in [0, 0.1) is 0 Å². The Morgan fingerprint density at radius 3 is 2.33 bits per heavy atom. The van der Waals surface area contributed by atoms with Crippen LogP contribution in [0.15, 0.2) is 23.2 Å². The van der Waals surface area contributed by atoms with E-state index in [9.17, 15) is 4.79 Å². The molecule has 0 saturated carbocycles. The van der Waals surface area contributed by atoms with E-state index in [4.69, 9.17) is 14.2 Å². The van der Waals surface area contributed by atoms with Gasteiger partial charge >= 0.3 is 6.09 Å². The summed E-state index contributed by atoms with van der Waals surface area (Å²) in [5, 5.41) is 9.56. The van der Waals surface area contributed by atoms with Gasteiger partial charge < -0.3 is 30.2 Å². The van der Waals surface area contributed by atoms with Crippen molar-refractivity contribution >= 4 is 36.0 Å². The predicted octanol–water partition coefficient (Wildman–Crippen LogP) is 2.98. The van der Waals surface area contributed by atoms with E-state index in [0.29, 0.717) is 19.1 Å². The Morgan fingerprint density at radius 2 is 1.76 bits per heavy atom. The van der Waals surface area contributed by atoms with Crippen molar-refractivity contribution in [2.45, 2.75) is 51.8 Å². The molecule has 1 aliphatic rings. The average Bonchev–Trinajstić information content (AvgIpc) is 3.17. The molecular formula is C23H40IN5O4. The molecule has 10 heteroatoms. The number of carbonyl (C=O) groups excluding carboxylic acids is 1. The number of nitrogens with zero attached hydrogens (tertiary/aromatic N) is 2. The number of benzene rings is 1. The number of amides is 1. The van der Waals surface area contributed by atoms with Crippen LogP contribution in [0.1, 0.15) is 39.2 Å². The van der Waals surface area contributed by atoms with E-state index in [2.05, 4.69) is 38.0 Å². The van der Waals surface area contributed by atoms with E-state index in [1.807, 2.05) is 26.8 Å². The fraction of sp³-hybridized carbons (Fsp3) is 0.652. The van der Waals surface area contributed by atoms with Gasteiger partial charge in [-0.15, -0.1) is 24.0 Å². The van der Waals surface area contributed by atoms with Gasteiger partial charge in [-0.2, -0.15) is 0 Å². The summed E-state index contributed by atoms with van der Waals surface area (Å²) in [5.74, 6) is 2.38. The van der Waals surface area contributed by atoms with Gasteiger partial charge in [0.25, 0.3) is 0 Å². The molecule has 1 atom stereocenters. The molecule has 1 aliphatic heterocycles. The number of nitrogens with one attached hydrogen (secondary N) is 3. The van der Waals surface area contributed by atoms with E-state index in [-0.39, 0.29) is 30.1 Å². The van der Waals surface area contributed by atoms with Crippen molar-refractivity contribution in [2.75, 3.05) is 47.4 Å². The molecule has 1 amide bonds. The average molecular weight is 578 g/mol. The quantitative estimate of drug-likeness (QED) is 0.180. The topological polar surface area (TPSA) is 96.5 Å². The van der Waals surface area contributed by atoms with Crippen LogP contribution in [0.3, 0.4) is 0 Å². The van der Waals surface area contributed by atoms with Gasteiger partial charge in [0.15, 0.2) is 5.96 Å². The van der Waals surface area contributed by atoms with Gasteiger partial charge in [-0.3, -0.25) is 9.89 Å². The second kappa shape index (κ2) is 14.3. The third-order valence-corrected chi connectivity index (χ3v) is 4.97. The monoisotopic (exact) mass is 577 g/mol. The molecule has 9 nitrogen and oxygen atoms in total. The molecule has 3 N–H and O–H groups in total. The summed E-state index contributed by atoms with van der Waals surface area (Å²) in [4.78, 5) is 18.4. The highest BCUT2D eigenvalue weighted by Crippen LogP contribution is 2.24. The van der Waals surface area contributed by atoms with Gasteiger partial charge in [0.2, 0.25) is 0 Å². The first kappa shape index (κ1) is 29.1. The number of alkyl carbamates (subject to hydrolysis) is 1. The Balaban J connectivity index is 0.00000544. The molecule has 188 valence electrons.